The van der Waals surface area contributed by atoms with Gasteiger partial charge in [-0.25, -0.2) is 0 Å². The van der Waals surface area contributed by atoms with E-state index in [1.165, 1.54) is 24.3 Å². The van der Waals surface area contributed by atoms with Gasteiger partial charge >= 0.3 is 0 Å². The summed E-state index contributed by atoms with van der Waals surface area (Å²) in [7, 11) is 0. The first-order chi connectivity index (χ1) is 4.70. The summed E-state index contributed by atoms with van der Waals surface area (Å²) in [5.41, 5.74) is 7.32. The maximum absolute atomic E-state index is 10.1. The second kappa shape index (κ2) is 2.34. The predicted octanol–water partition coefficient (Wildman–Crippen LogP) is 1.51. The Morgan fingerprint density at radius 3 is 2.20 bits per heavy atom. The fraction of sp³-hybridized carbons (Fsp3) is 0. The van der Waals surface area contributed by atoms with Crippen LogP contribution in [0.1, 0.15) is 0 Å². The van der Waals surface area contributed by atoms with Gasteiger partial charge in [0.25, 0.3) is 5.69 Å². The molecule has 0 aliphatic heterocycles. The van der Waals surface area contributed by atoms with Crippen LogP contribution >= 0.6 is 0 Å². The van der Waals surface area contributed by atoms with E-state index in [-0.39, 0.29) is 11.4 Å². The largest absolute Gasteiger partial charge is 0.301 e. The van der Waals surface area contributed by atoms with Crippen molar-refractivity contribution >= 4 is 11.4 Å². The summed E-state index contributed by atoms with van der Waals surface area (Å²) in [5, 5.41) is 10.1. The maximum Gasteiger partial charge on any atom is 0.269 e. The fourth-order valence-electron chi connectivity index (χ4n) is 0.583. The van der Waals surface area contributed by atoms with Gasteiger partial charge in [-0.2, -0.15) is 0 Å². The van der Waals surface area contributed by atoms with Gasteiger partial charge in [-0.3, -0.25) is 10.1 Å². The number of nitrogens with one attached hydrogen (secondary N) is 1. The third-order valence-electron chi connectivity index (χ3n) is 1.08. The highest BCUT2D eigenvalue weighted by Crippen LogP contribution is 2.12. The molecule has 0 aliphatic carbocycles. The molecule has 0 fully saturated rings. The Bertz CT molecular complexity index is 242. The summed E-state index contributed by atoms with van der Waals surface area (Å²) in [5.74, 6) is 0. The molecule has 0 bridgehead atoms. The van der Waals surface area contributed by atoms with E-state index in [4.69, 9.17) is 5.73 Å². The number of nitrogens with zero attached hydrogens (tertiary/aromatic N) is 1. The predicted molar refractivity (Wildman–Crippen MR) is 35.9 cm³/mol. The highest BCUT2D eigenvalue weighted by Gasteiger charge is 2.01. The van der Waals surface area contributed by atoms with Gasteiger partial charge in [-0.15, -0.1) is 0 Å². The van der Waals surface area contributed by atoms with Crippen LogP contribution in [0.15, 0.2) is 24.3 Å². The third-order valence-corrected chi connectivity index (χ3v) is 1.08. The first-order valence-electron chi connectivity index (χ1n) is 2.66. The van der Waals surface area contributed by atoms with Crippen molar-refractivity contribution < 1.29 is 4.92 Å². The number of nitro benzene ring substituents is 1. The molecule has 4 nitrogen and oxygen atoms in total. The van der Waals surface area contributed by atoms with Gasteiger partial charge in [0, 0.05) is 12.1 Å². The fourth-order valence-corrected chi connectivity index (χ4v) is 0.583. The molecule has 1 rings (SSSR count). The van der Waals surface area contributed by atoms with Gasteiger partial charge in [-0.1, -0.05) is 0 Å². The number of non-ortho nitro benzene ring substituents is 1. The van der Waals surface area contributed by atoms with Gasteiger partial charge in [-0.05, 0) is 12.1 Å². The minimum atomic E-state index is -0.487. The standard InChI is InChI=1S/C6H5N2O2/c7-5-1-3-6(4-2-5)8(9)10/h1-4,7H. The lowest BCUT2D eigenvalue weighted by molar-refractivity contribution is -0.384. The second-order valence-electron chi connectivity index (χ2n) is 1.80. The van der Waals surface area contributed by atoms with Gasteiger partial charge in [0.2, 0.25) is 0 Å². The zero-order chi connectivity index (χ0) is 7.56. The van der Waals surface area contributed by atoms with Crippen LogP contribution in [0, 0.1) is 10.1 Å². The minimum Gasteiger partial charge on any atom is -0.301 e. The van der Waals surface area contributed by atoms with E-state index in [9.17, 15) is 10.1 Å². The molecule has 0 unspecified atom stereocenters. The molecule has 10 heavy (non-hydrogen) atoms. The summed E-state index contributed by atoms with van der Waals surface area (Å²) >= 11 is 0. The summed E-state index contributed by atoms with van der Waals surface area (Å²) in [6, 6.07) is 5.39. The van der Waals surface area contributed by atoms with Crippen molar-refractivity contribution in [2.75, 3.05) is 0 Å². The van der Waals surface area contributed by atoms with Crippen molar-refractivity contribution in [2.45, 2.75) is 0 Å². The Morgan fingerprint density at radius 1 is 1.30 bits per heavy atom. The third kappa shape index (κ3) is 1.22. The first-order valence-corrected chi connectivity index (χ1v) is 2.66. The second-order valence-corrected chi connectivity index (χ2v) is 1.80. The number of benzene rings is 1. The maximum atomic E-state index is 10.1. The molecular weight excluding hydrogens is 132 g/mol. The Balaban J connectivity index is 3.00. The molecule has 0 aliphatic rings. The van der Waals surface area contributed by atoms with Crippen molar-refractivity contribution in [3.05, 3.63) is 34.4 Å². The zero-order valence-electron chi connectivity index (χ0n) is 5.07. The summed E-state index contributed by atoms with van der Waals surface area (Å²) < 4.78 is 0. The number of hydrogen-bond acceptors (Lipinski definition) is 2. The molecule has 0 saturated heterocycles. The van der Waals surface area contributed by atoms with Crippen LogP contribution in [-0.2, 0) is 0 Å². The molecule has 0 saturated carbocycles. The molecule has 0 atom stereocenters. The van der Waals surface area contributed by atoms with Crippen LogP contribution < -0.4 is 5.73 Å². The molecule has 0 spiro atoms. The highest BCUT2D eigenvalue weighted by molar-refractivity contribution is 5.41. The molecule has 1 aromatic rings. The molecule has 4 heteroatoms. The lowest BCUT2D eigenvalue weighted by Crippen LogP contribution is -1.85. The van der Waals surface area contributed by atoms with Crippen LogP contribution in [0.2, 0.25) is 0 Å². The monoisotopic (exact) mass is 137 g/mol. The van der Waals surface area contributed by atoms with E-state index >= 15 is 0 Å². The molecular formula is C6H5N2O2. The van der Waals surface area contributed by atoms with Crippen molar-refractivity contribution in [3.63, 3.8) is 0 Å². The van der Waals surface area contributed by atoms with Crippen LogP contribution in [0.5, 0.6) is 0 Å². The Labute approximate surface area is 57.4 Å². The van der Waals surface area contributed by atoms with Crippen molar-refractivity contribution in [3.8, 4) is 0 Å². The highest BCUT2D eigenvalue weighted by atomic mass is 16.6. The lowest BCUT2D eigenvalue weighted by Gasteiger charge is -1.89. The summed E-state index contributed by atoms with van der Waals surface area (Å²) in [6.07, 6.45) is 0. The van der Waals surface area contributed by atoms with E-state index < -0.39 is 4.92 Å². The van der Waals surface area contributed by atoms with Crippen LogP contribution in [-0.4, -0.2) is 4.92 Å². The molecule has 0 aromatic heterocycles. The zero-order valence-corrected chi connectivity index (χ0v) is 5.07. The van der Waals surface area contributed by atoms with E-state index in [1.54, 1.807) is 0 Å². The van der Waals surface area contributed by atoms with E-state index in [0.29, 0.717) is 0 Å². The Morgan fingerprint density at radius 2 is 1.80 bits per heavy atom. The average Bonchev–Trinajstić information content (AvgIpc) is 1.88. The lowest BCUT2D eigenvalue weighted by atomic mass is 10.3. The van der Waals surface area contributed by atoms with Crippen molar-refractivity contribution in [1.82, 2.24) is 5.73 Å². The number of nitro groups is 1. The van der Waals surface area contributed by atoms with Crippen molar-refractivity contribution in [1.29, 1.82) is 0 Å². The smallest absolute Gasteiger partial charge is 0.269 e. The van der Waals surface area contributed by atoms with Crippen LogP contribution in [0.25, 0.3) is 0 Å². The Hall–Kier alpha value is -1.58. The molecule has 1 radical (unpaired) electrons. The minimum absolute atomic E-state index is 0.0241. The van der Waals surface area contributed by atoms with E-state index in [2.05, 4.69) is 0 Å². The number of rotatable bonds is 1. The summed E-state index contributed by atoms with van der Waals surface area (Å²) in [6.45, 7) is 0. The quantitative estimate of drug-likeness (QED) is 0.434. The molecule has 51 valence electrons. The van der Waals surface area contributed by atoms with Crippen molar-refractivity contribution in [2.24, 2.45) is 0 Å². The average molecular weight is 137 g/mol. The van der Waals surface area contributed by atoms with E-state index in [0.717, 1.165) is 0 Å². The van der Waals surface area contributed by atoms with Gasteiger partial charge in [0.15, 0.2) is 0 Å². The molecule has 1 aromatic carbocycles. The first kappa shape index (κ1) is 6.54. The van der Waals surface area contributed by atoms with Crippen LogP contribution in [0.4, 0.5) is 11.4 Å². The summed E-state index contributed by atoms with van der Waals surface area (Å²) in [4.78, 5) is 9.57. The van der Waals surface area contributed by atoms with Crippen LogP contribution in [0.3, 0.4) is 0 Å². The molecule has 0 heterocycles. The SMILES string of the molecule is [NH]c1ccc([N+](=O)[O-])cc1. The molecule has 1 N–H and O–H groups in total. The molecule has 0 amide bonds. The van der Waals surface area contributed by atoms with Gasteiger partial charge in [0.05, 0.1) is 10.6 Å². The Kier molecular flexibility index (Phi) is 1.53. The van der Waals surface area contributed by atoms with E-state index in [1.807, 2.05) is 0 Å². The van der Waals surface area contributed by atoms with Gasteiger partial charge < -0.3 is 5.73 Å². The number of hydrogen-bond donors (Lipinski definition) is 0. The topological polar surface area (TPSA) is 66.9 Å². The van der Waals surface area contributed by atoms with Gasteiger partial charge in [0.1, 0.15) is 0 Å². The normalized spacial score (nSPS) is 9.20.